The zero-order valence-electron chi connectivity index (χ0n) is 24.6. The normalized spacial score (nSPS) is 11.0. The highest BCUT2D eigenvalue weighted by atomic mass is 19.4. The van der Waals surface area contributed by atoms with Crippen LogP contribution in [0.15, 0.2) is 91.0 Å². The number of carbonyl (C=O) groups excluding carboxylic acids is 4. The lowest BCUT2D eigenvalue weighted by Gasteiger charge is -2.19. The first-order valence-corrected chi connectivity index (χ1v) is 13.7. The SMILES string of the molecule is COC(=O)c1ccc(OC(=O)CCc2ccc(NC(=O)c3c(-c4ccccc4)cccc3C(F)(F)F)c(C(=O)N(C)C)c2)cc1. The van der Waals surface area contributed by atoms with Gasteiger partial charge in [-0.25, -0.2) is 4.79 Å². The number of anilines is 1. The van der Waals surface area contributed by atoms with Crippen molar-refractivity contribution in [1.82, 2.24) is 4.90 Å². The first kappa shape index (κ1) is 32.5. The van der Waals surface area contributed by atoms with E-state index in [4.69, 9.17) is 4.74 Å². The van der Waals surface area contributed by atoms with Gasteiger partial charge in [-0.1, -0.05) is 48.5 Å². The summed E-state index contributed by atoms with van der Waals surface area (Å²) in [5, 5.41) is 2.52. The summed E-state index contributed by atoms with van der Waals surface area (Å²) in [7, 11) is 4.24. The molecule has 0 saturated heterocycles. The maximum Gasteiger partial charge on any atom is 0.417 e. The van der Waals surface area contributed by atoms with Crippen LogP contribution >= 0.6 is 0 Å². The van der Waals surface area contributed by atoms with Crippen molar-refractivity contribution < 1.29 is 41.8 Å². The van der Waals surface area contributed by atoms with Crippen molar-refractivity contribution in [3.05, 3.63) is 119 Å². The van der Waals surface area contributed by atoms with Crippen molar-refractivity contribution in [2.75, 3.05) is 26.5 Å². The first-order chi connectivity index (χ1) is 21.4. The van der Waals surface area contributed by atoms with Gasteiger partial charge in [0.05, 0.1) is 35.1 Å². The van der Waals surface area contributed by atoms with Crippen molar-refractivity contribution in [1.29, 1.82) is 0 Å². The third kappa shape index (κ3) is 7.94. The number of aryl methyl sites for hydroxylation is 1. The van der Waals surface area contributed by atoms with Crippen LogP contribution in [0.2, 0.25) is 0 Å². The lowest BCUT2D eigenvalue weighted by molar-refractivity contribution is -0.138. The van der Waals surface area contributed by atoms with Gasteiger partial charge in [0.25, 0.3) is 11.8 Å². The molecule has 0 spiro atoms. The molecule has 0 bridgehead atoms. The quantitative estimate of drug-likeness (QED) is 0.167. The molecule has 8 nitrogen and oxygen atoms in total. The Balaban J connectivity index is 1.58. The number of esters is 2. The zero-order chi connectivity index (χ0) is 32.7. The van der Waals surface area contributed by atoms with Crippen molar-refractivity contribution in [3.63, 3.8) is 0 Å². The highest BCUT2D eigenvalue weighted by Gasteiger charge is 2.37. The van der Waals surface area contributed by atoms with Crippen LogP contribution in [0.25, 0.3) is 11.1 Å². The minimum absolute atomic E-state index is 0.00621. The number of nitrogens with one attached hydrogen (secondary N) is 1. The predicted molar refractivity (Wildman–Crippen MR) is 161 cm³/mol. The van der Waals surface area contributed by atoms with Crippen molar-refractivity contribution >= 4 is 29.4 Å². The number of amides is 2. The molecule has 0 radical (unpaired) electrons. The van der Waals surface area contributed by atoms with Crippen molar-refractivity contribution in [3.8, 4) is 16.9 Å². The Hall–Kier alpha value is -5.45. The maximum absolute atomic E-state index is 14.1. The zero-order valence-corrected chi connectivity index (χ0v) is 24.6. The Bertz CT molecular complexity index is 1720. The molecule has 0 heterocycles. The topological polar surface area (TPSA) is 102 Å². The van der Waals surface area contributed by atoms with Crippen LogP contribution in [0.3, 0.4) is 0 Å². The van der Waals surface area contributed by atoms with E-state index >= 15 is 0 Å². The lowest BCUT2D eigenvalue weighted by atomic mass is 9.94. The molecule has 0 aliphatic carbocycles. The van der Waals surface area contributed by atoms with E-state index in [-0.39, 0.29) is 35.4 Å². The van der Waals surface area contributed by atoms with Gasteiger partial charge in [0.15, 0.2) is 0 Å². The molecule has 2 amide bonds. The highest BCUT2D eigenvalue weighted by Crippen LogP contribution is 2.37. The average Bonchev–Trinajstić information content (AvgIpc) is 3.03. The molecule has 11 heteroatoms. The van der Waals surface area contributed by atoms with E-state index in [0.717, 1.165) is 6.07 Å². The van der Waals surface area contributed by atoms with Crippen LogP contribution in [0.1, 0.15) is 48.6 Å². The number of methoxy groups -OCH3 is 1. The van der Waals surface area contributed by atoms with Crippen LogP contribution in [0.5, 0.6) is 5.75 Å². The maximum atomic E-state index is 14.1. The van der Waals surface area contributed by atoms with E-state index in [0.29, 0.717) is 16.7 Å². The number of carbonyl (C=O) groups is 4. The van der Waals surface area contributed by atoms with Crippen LogP contribution in [0, 0.1) is 0 Å². The van der Waals surface area contributed by atoms with Gasteiger partial charge in [0.1, 0.15) is 5.75 Å². The molecule has 0 unspecified atom stereocenters. The lowest BCUT2D eigenvalue weighted by Crippen LogP contribution is -2.25. The van der Waals surface area contributed by atoms with Gasteiger partial charge in [0.2, 0.25) is 0 Å². The second kappa shape index (κ2) is 13.9. The number of rotatable bonds is 9. The summed E-state index contributed by atoms with van der Waals surface area (Å²) in [5.41, 5.74) is -0.311. The summed E-state index contributed by atoms with van der Waals surface area (Å²) < 4.78 is 52.1. The summed E-state index contributed by atoms with van der Waals surface area (Å²) in [6.45, 7) is 0. The van der Waals surface area contributed by atoms with Crippen molar-refractivity contribution in [2.24, 2.45) is 0 Å². The van der Waals surface area contributed by atoms with Crippen LogP contribution in [-0.4, -0.2) is 49.9 Å². The average molecular weight is 619 g/mol. The van der Waals surface area contributed by atoms with Gasteiger partial charge < -0.3 is 19.7 Å². The number of nitrogens with zero attached hydrogens (tertiary/aromatic N) is 1. The minimum atomic E-state index is -4.82. The van der Waals surface area contributed by atoms with Crippen LogP contribution < -0.4 is 10.1 Å². The monoisotopic (exact) mass is 618 g/mol. The minimum Gasteiger partial charge on any atom is -0.465 e. The fraction of sp³-hybridized carbons (Fsp3) is 0.176. The molecular formula is C34H29F3N2O6. The van der Waals surface area contributed by atoms with E-state index in [1.54, 1.807) is 36.4 Å². The molecule has 1 N–H and O–H groups in total. The molecule has 0 aromatic heterocycles. The second-order valence-corrected chi connectivity index (χ2v) is 10.1. The molecule has 0 fully saturated rings. The standard InChI is InChI=1S/C34H29F3N2O6/c1-39(2)32(42)26-20-21(13-19-29(40)45-24-16-14-23(15-17-24)33(43)44-3)12-18-28(26)38-31(41)30-25(22-8-5-4-6-9-22)10-7-11-27(30)34(35,36)37/h4-12,14-18,20H,13,19H2,1-3H3,(H,38,41). The molecule has 4 rings (SSSR count). The Kier molecular flexibility index (Phi) is 10.0. The molecule has 45 heavy (non-hydrogen) atoms. The Morgan fingerprint density at radius 3 is 2.16 bits per heavy atom. The first-order valence-electron chi connectivity index (χ1n) is 13.7. The van der Waals surface area contributed by atoms with Crippen LogP contribution in [-0.2, 0) is 22.1 Å². The number of halogens is 3. The highest BCUT2D eigenvalue weighted by molar-refractivity contribution is 6.12. The van der Waals surface area contributed by atoms with Gasteiger partial charge in [-0.3, -0.25) is 14.4 Å². The number of alkyl halides is 3. The fourth-order valence-corrected chi connectivity index (χ4v) is 4.56. The molecule has 4 aromatic rings. The van der Waals surface area contributed by atoms with E-state index in [2.05, 4.69) is 10.1 Å². The fourth-order valence-electron chi connectivity index (χ4n) is 4.56. The van der Waals surface area contributed by atoms with E-state index in [9.17, 15) is 32.3 Å². The van der Waals surface area contributed by atoms with Gasteiger partial charge in [-0.15, -0.1) is 0 Å². The summed E-state index contributed by atoms with van der Waals surface area (Å²) >= 11 is 0. The summed E-state index contributed by atoms with van der Waals surface area (Å²) in [5.74, 6) is -2.42. The summed E-state index contributed by atoms with van der Waals surface area (Å²) in [6.07, 6.45) is -4.73. The molecule has 0 aliphatic heterocycles. The van der Waals surface area contributed by atoms with Gasteiger partial charge >= 0.3 is 18.1 Å². The third-order valence-electron chi connectivity index (χ3n) is 6.78. The molecule has 0 saturated carbocycles. The third-order valence-corrected chi connectivity index (χ3v) is 6.78. The van der Waals surface area contributed by atoms with Gasteiger partial charge in [0, 0.05) is 20.5 Å². The Labute approximate surface area is 257 Å². The number of ether oxygens (including phenoxy) is 2. The number of hydrogen-bond donors (Lipinski definition) is 1. The second-order valence-electron chi connectivity index (χ2n) is 10.1. The molecule has 0 aliphatic rings. The predicted octanol–water partition coefficient (Wildman–Crippen LogP) is 6.65. The Morgan fingerprint density at radius 1 is 0.844 bits per heavy atom. The van der Waals surface area contributed by atoms with Crippen LogP contribution in [0.4, 0.5) is 18.9 Å². The van der Waals surface area contributed by atoms with E-state index in [1.807, 2.05) is 0 Å². The summed E-state index contributed by atoms with van der Waals surface area (Å²) in [6, 6.07) is 22.0. The smallest absolute Gasteiger partial charge is 0.417 e. The molecule has 232 valence electrons. The van der Waals surface area contributed by atoms with Gasteiger partial charge in [-0.2, -0.15) is 13.2 Å². The molecular weight excluding hydrogens is 589 g/mol. The summed E-state index contributed by atoms with van der Waals surface area (Å²) in [4.78, 5) is 52.0. The molecule has 0 atom stereocenters. The van der Waals surface area contributed by atoms with E-state index < -0.39 is 41.1 Å². The van der Waals surface area contributed by atoms with Crippen molar-refractivity contribution in [2.45, 2.75) is 19.0 Å². The van der Waals surface area contributed by atoms with E-state index in [1.165, 1.54) is 74.6 Å². The Morgan fingerprint density at radius 2 is 1.53 bits per heavy atom. The molecule has 4 aromatic carbocycles. The number of benzene rings is 4. The number of hydrogen-bond acceptors (Lipinski definition) is 6. The van der Waals surface area contributed by atoms with Gasteiger partial charge in [-0.05, 0) is 65.6 Å². The largest absolute Gasteiger partial charge is 0.465 e.